The summed E-state index contributed by atoms with van der Waals surface area (Å²) in [5.74, 6) is 0. The average molecular weight is 282 g/mol. The van der Waals surface area contributed by atoms with Crippen LogP contribution in [0.15, 0.2) is 0 Å². The Kier molecular flexibility index (Phi) is 5.49. The third-order valence-electron chi connectivity index (χ3n) is 6.03. The molecule has 118 valence electrons. The number of rotatable bonds is 7. The largest absolute Gasteiger partial charge is 0.370 e. The van der Waals surface area contributed by atoms with Crippen LogP contribution in [-0.2, 0) is 4.74 Å². The van der Waals surface area contributed by atoms with E-state index in [9.17, 15) is 0 Å². The average Bonchev–Trinajstić information content (AvgIpc) is 3.10. The molecule has 2 fully saturated rings. The van der Waals surface area contributed by atoms with Crippen LogP contribution in [0.4, 0.5) is 0 Å². The Morgan fingerprint density at radius 2 is 1.80 bits per heavy atom. The fourth-order valence-corrected chi connectivity index (χ4v) is 4.43. The van der Waals surface area contributed by atoms with E-state index < -0.39 is 0 Å². The smallest absolute Gasteiger partial charge is 0.0710 e. The first kappa shape index (κ1) is 16.3. The van der Waals surface area contributed by atoms with Gasteiger partial charge in [-0.2, -0.15) is 0 Å². The summed E-state index contributed by atoms with van der Waals surface area (Å²) in [6, 6.07) is 0. The molecule has 1 heterocycles. The summed E-state index contributed by atoms with van der Waals surface area (Å²) in [4.78, 5) is 2.59. The van der Waals surface area contributed by atoms with Crippen molar-refractivity contribution < 1.29 is 4.74 Å². The molecule has 0 aromatic rings. The van der Waals surface area contributed by atoms with E-state index in [1.54, 1.807) is 0 Å². The molecule has 0 aromatic heterocycles. The lowest BCUT2D eigenvalue weighted by molar-refractivity contribution is -0.0603. The molecular weight excluding hydrogens is 248 g/mol. The summed E-state index contributed by atoms with van der Waals surface area (Å²) in [6.07, 6.45) is 10.5. The maximum atomic E-state index is 6.49. The van der Waals surface area contributed by atoms with Crippen LogP contribution in [0.3, 0.4) is 0 Å². The highest BCUT2D eigenvalue weighted by molar-refractivity contribution is 4.96. The summed E-state index contributed by atoms with van der Waals surface area (Å²) >= 11 is 0. The van der Waals surface area contributed by atoms with Crippen molar-refractivity contribution in [3.63, 3.8) is 0 Å². The summed E-state index contributed by atoms with van der Waals surface area (Å²) in [7, 11) is 0. The SMILES string of the molecule is CCN(CC1CCC2(CCCC2)O1)C(CC)(CC)CN. The van der Waals surface area contributed by atoms with Crippen molar-refractivity contribution in [2.45, 2.75) is 89.4 Å². The maximum Gasteiger partial charge on any atom is 0.0710 e. The Bertz CT molecular complexity index is 287. The van der Waals surface area contributed by atoms with Crippen LogP contribution in [0.2, 0.25) is 0 Å². The molecule has 0 radical (unpaired) electrons. The molecule has 0 bridgehead atoms. The lowest BCUT2D eigenvalue weighted by Crippen LogP contribution is -2.55. The van der Waals surface area contributed by atoms with Gasteiger partial charge in [0.15, 0.2) is 0 Å². The van der Waals surface area contributed by atoms with Gasteiger partial charge in [0, 0.05) is 18.6 Å². The molecular formula is C17H34N2O. The van der Waals surface area contributed by atoms with Crippen LogP contribution in [-0.4, -0.2) is 41.8 Å². The first-order chi connectivity index (χ1) is 9.63. The molecule has 2 rings (SSSR count). The molecule has 2 N–H and O–H groups in total. The molecule has 1 saturated heterocycles. The predicted molar refractivity (Wildman–Crippen MR) is 84.9 cm³/mol. The van der Waals surface area contributed by atoms with Gasteiger partial charge in [0.1, 0.15) is 0 Å². The van der Waals surface area contributed by atoms with E-state index in [0.717, 1.165) is 32.5 Å². The van der Waals surface area contributed by atoms with E-state index in [0.29, 0.717) is 6.10 Å². The van der Waals surface area contributed by atoms with Gasteiger partial charge in [0.25, 0.3) is 0 Å². The summed E-state index contributed by atoms with van der Waals surface area (Å²) in [5.41, 5.74) is 6.54. The van der Waals surface area contributed by atoms with Gasteiger partial charge in [-0.3, -0.25) is 4.90 Å². The number of nitrogens with zero attached hydrogens (tertiary/aromatic N) is 1. The zero-order valence-electron chi connectivity index (χ0n) is 13.8. The van der Waals surface area contributed by atoms with Crippen molar-refractivity contribution in [2.75, 3.05) is 19.6 Å². The standard InChI is InChI=1S/C17H34N2O/c1-4-16(5-2,14-18)19(6-3)13-15-9-12-17(20-15)10-7-8-11-17/h15H,4-14,18H2,1-3H3. The quantitative estimate of drug-likeness (QED) is 0.778. The van der Waals surface area contributed by atoms with Crippen LogP contribution in [0.25, 0.3) is 0 Å². The molecule has 2 aliphatic rings. The maximum absolute atomic E-state index is 6.49. The van der Waals surface area contributed by atoms with Gasteiger partial charge in [0.2, 0.25) is 0 Å². The van der Waals surface area contributed by atoms with Crippen LogP contribution < -0.4 is 5.73 Å². The van der Waals surface area contributed by atoms with E-state index in [2.05, 4.69) is 25.7 Å². The highest BCUT2D eigenvalue weighted by atomic mass is 16.5. The highest BCUT2D eigenvalue weighted by Gasteiger charge is 2.43. The number of likely N-dealkylation sites (N-methyl/N-ethyl adjacent to an activating group) is 1. The zero-order chi connectivity index (χ0) is 14.6. The van der Waals surface area contributed by atoms with Gasteiger partial charge in [-0.1, -0.05) is 33.6 Å². The molecule has 20 heavy (non-hydrogen) atoms. The number of ether oxygens (including phenoxy) is 1. The first-order valence-corrected chi connectivity index (χ1v) is 8.76. The number of hydrogen-bond donors (Lipinski definition) is 1. The van der Waals surface area contributed by atoms with Crippen molar-refractivity contribution >= 4 is 0 Å². The molecule has 1 saturated carbocycles. The van der Waals surface area contributed by atoms with E-state index in [1.165, 1.54) is 38.5 Å². The Labute approximate surface area is 125 Å². The van der Waals surface area contributed by atoms with Crippen LogP contribution in [0.5, 0.6) is 0 Å². The van der Waals surface area contributed by atoms with E-state index in [1.807, 2.05) is 0 Å². The van der Waals surface area contributed by atoms with Crippen molar-refractivity contribution in [1.82, 2.24) is 4.90 Å². The summed E-state index contributed by atoms with van der Waals surface area (Å²) < 4.78 is 6.49. The number of hydrogen-bond acceptors (Lipinski definition) is 3. The minimum absolute atomic E-state index is 0.170. The lowest BCUT2D eigenvalue weighted by Gasteiger charge is -2.43. The zero-order valence-corrected chi connectivity index (χ0v) is 13.8. The van der Waals surface area contributed by atoms with Crippen molar-refractivity contribution in [1.29, 1.82) is 0 Å². The van der Waals surface area contributed by atoms with Crippen LogP contribution >= 0.6 is 0 Å². The predicted octanol–water partition coefficient (Wildman–Crippen LogP) is 3.32. The Hall–Kier alpha value is -0.120. The normalized spacial score (nSPS) is 25.9. The highest BCUT2D eigenvalue weighted by Crippen LogP contribution is 2.43. The summed E-state index contributed by atoms with van der Waals surface area (Å²) in [6.45, 7) is 9.70. The minimum Gasteiger partial charge on any atom is -0.370 e. The van der Waals surface area contributed by atoms with Gasteiger partial charge in [0.05, 0.1) is 11.7 Å². The van der Waals surface area contributed by atoms with Crippen molar-refractivity contribution in [2.24, 2.45) is 5.73 Å². The molecule has 1 aliphatic heterocycles. The Morgan fingerprint density at radius 1 is 1.15 bits per heavy atom. The van der Waals surface area contributed by atoms with Crippen LogP contribution in [0.1, 0.15) is 72.1 Å². The van der Waals surface area contributed by atoms with E-state index in [4.69, 9.17) is 10.5 Å². The van der Waals surface area contributed by atoms with E-state index in [-0.39, 0.29) is 11.1 Å². The van der Waals surface area contributed by atoms with Gasteiger partial charge in [-0.25, -0.2) is 0 Å². The molecule has 1 unspecified atom stereocenters. The molecule has 3 nitrogen and oxygen atoms in total. The van der Waals surface area contributed by atoms with Crippen LogP contribution in [0, 0.1) is 0 Å². The second-order valence-corrected chi connectivity index (χ2v) is 6.84. The molecule has 1 atom stereocenters. The van der Waals surface area contributed by atoms with E-state index >= 15 is 0 Å². The second kappa shape index (κ2) is 6.76. The monoisotopic (exact) mass is 282 g/mol. The Balaban J connectivity index is 1.97. The molecule has 0 aromatic carbocycles. The van der Waals surface area contributed by atoms with Crippen molar-refractivity contribution in [3.8, 4) is 0 Å². The van der Waals surface area contributed by atoms with Gasteiger partial charge in [-0.15, -0.1) is 0 Å². The topological polar surface area (TPSA) is 38.5 Å². The summed E-state index contributed by atoms with van der Waals surface area (Å²) in [5, 5.41) is 0. The fraction of sp³-hybridized carbons (Fsp3) is 1.00. The second-order valence-electron chi connectivity index (χ2n) is 6.84. The van der Waals surface area contributed by atoms with Gasteiger partial charge < -0.3 is 10.5 Å². The van der Waals surface area contributed by atoms with Gasteiger partial charge in [-0.05, 0) is 45.1 Å². The molecule has 0 amide bonds. The first-order valence-electron chi connectivity index (χ1n) is 8.76. The number of nitrogens with two attached hydrogens (primary N) is 1. The lowest BCUT2D eigenvalue weighted by atomic mass is 9.90. The Morgan fingerprint density at radius 3 is 2.30 bits per heavy atom. The van der Waals surface area contributed by atoms with Gasteiger partial charge >= 0.3 is 0 Å². The third kappa shape index (κ3) is 3.05. The molecule has 3 heteroatoms. The molecule has 1 aliphatic carbocycles. The van der Waals surface area contributed by atoms with Crippen molar-refractivity contribution in [3.05, 3.63) is 0 Å². The minimum atomic E-state index is 0.170. The molecule has 1 spiro atoms. The fourth-order valence-electron chi connectivity index (χ4n) is 4.43. The third-order valence-corrected chi connectivity index (χ3v) is 6.03.